The molecule has 0 spiro atoms. The van der Waals surface area contributed by atoms with E-state index in [1.807, 2.05) is 0 Å². The number of piperidine rings is 1. The normalized spacial score (nSPS) is 34.2. The van der Waals surface area contributed by atoms with Crippen molar-refractivity contribution >= 4 is 6.03 Å². The van der Waals surface area contributed by atoms with Gasteiger partial charge in [-0.05, 0) is 20.3 Å². The first kappa shape index (κ1) is 8.81. The van der Waals surface area contributed by atoms with Crippen LogP contribution in [0.3, 0.4) is 0 Å². The molecule has 0 aromatic rings. The van der Waals surface area contributed by atoms with E-state index in [4.69, 9.17) is 0 Å². The molecule has 0 bridgehead atoms. The highest BCUT2D eigenvalue weighted by Crippen LogP contribution is 2.16. The molecule has 0 aromatic carbocycles. The second-order valence-corrected chi connectivity index (χ2v) is 4.21. The van der Waals surface area contributed by atoms with Crippen LogP contribution in [0.15, 0.2) is 0 Å². The summed E-state index contributed by atoms with van der Waals surface area (Å²) < 4.78 is 0. The lowest BCUT2D eigenvalue weighted by molar-refractivity contribution is 0.152. The van der Waals surface area contributed by atoms with Crippen LogP contribution in [0.4, 0.5) is 4.79 Å². The molecule has 2 fully saturated rings. The quantitative estimate of drug-likeness (QED) is 0.608. The van der Waals surface area contributed by atoms with Crippen molar-refractivity contribution < 1.29 is 4.79 Å². The minimum Gasteiger partial charge on any atom is -0.333 e. The second kappa shape index (κ2) is 3.18. The summed E-state index contributed by atoms with van der Waals surface area (Å²) >= 11 is 0. The standard InChI is InChI=1S/C9H17N3O/c1-6(2)12-4-3-7-8(5-12)11-9(13)10-7/h6-8H,3-5H2,1-2H3,(H2,10,11,13)/t7-,8+/m0/s1. The second-order valence-electron chi connectivity index (χ2n) is 4.21. The molecule has 2 rings (SSSR count). The minimum atomic E-state index is 0.000561. The van der Waals surface area contributed by atoms with Crippen molar-refractivity contribution in [3.8, 4) is 0 Å². The van der Waals surface area contributed by atoms with Gasteiger partial charge in [0.15, 0.2) is 0 Å². The Bertz CT molecular complexity index is 217. The number of rotatable bonds is 1. The SMILES string of the molecule is CC(C)N1CC[C@@H]2NC(=O)N[C@@H]2C1. The number of carbonyl (C=O) groups excluding carboxylic acids is 1. The summed E-state index contributed by atoms with van der Waals surface area (Å²) in [6.45, 7) is 6.48. The third-order valence-electron chi connectivity index (χ3n) is 3.01. The number of fused-ring (bicyclic) bond motifs is 1. The Labute approximate surface area is 78.7 Å². The van der Waals surface area contributed by atoms with Gasteiger partial charge in [0.1, 0.15) is 0 Å². The van der Waals surface area contributed by atoms with Crippen molar-refractivity contribution in [2.24, 2.45) is 0 Å². The Morgan fingerprint density at radius 3 is 2.77 bits per heavy atom. The van der Waals surface area contributed by atoms with E-state index in [0.29, 0.717) is 18.1 Å². The van der Waals surface area contributed by atoms with Crippen LogP contribution < -0.4 is 10.6 Å². The number of hydrogen-bond donors (Lipinski definition) is 2. The molecule has 4 nitrogen and oxygen atoms in total. The molecule has 0 saturated carbocycles. The van der Waals surface area contributed by atoms with E-state index >= 15 is 0 Å². The van der Waals surface area contributed by atoms with Gasteiger partial charge >= 0.3 is 6.03 Å². The highest BCUT2D eigenvalue weighted by molar-refractivity contribution is 5.77. The van der Waals surface area contributed by atoms with Crippen LogP contribution >= 0.6 is 0 Å². The van der Waals surface area contributed by atoms with Crippen molar-refractivity contribution in [1.29, 1.82) is 0 Å². The van der Waals surface area contributed by atoms with Gasteiger partial charge in [0, 0.05) is 19.1 Å². The smallest absolute Gasteiger partial charge is 0.315 e. The maximum Gasteiger partial charge on any atom is 0.315 e. The zero-order chi connectivity index (χ0) is 9.42. The predicted molar refractivity (Wildman–Crippen MR) is 50.6 cm³/mol. The van der Waals surface area contributed by atoms with E-state index in [9.17, 15) is 4.79 Å². The molecular formula is C9H17N3O. The molecule has 0 aromatic heterocycles. The summed E-state index contributed by atoms with van der Waals surface area (Å²) in [6.07, 6.45) is 1.07. The van der Waals surface area contributed by atoms with Gasteiger partial charge in [-0.1, -0.05) is 0 Å². The van der Waals surface area contributed by atoms with Gasteiger partial charge in [-0.15, -0.1) is 0 Å². The fraction of sp³-hybridized carbons (Fsp3) is 0.889. The van der Waals surface area contributed by atoms with Crippen LogP contribution in [0, 0.1) is 0 Å². The number of amides is 2. The first-order chi connectivity index (χ1) is 6.16. The molecule has 0 unspecified atom stereocenters. The summed E-state index contributed by atoms with van der Waals surface area (Å²) in [5, 5.41) is 5.89. The topological polar surface area (TPSA) is 44.4 Å². The molecule has 13 heavy (non-hydrogen) atoms. The van der Waals surface area contributed by atoms with Crippen molar-refractivity contribution in [3.05, 3.63) is 0 Å². The number of hydrogen-bond acceptors (Lipinski definition) is 2. The van der Waals surface area contributed by atoms with Crippen molar-refractivity contribution in [3.63, 3.8) is 0 Å². The van der Waals surface area contributed by atoms with E-state index < -0.39 is 0 Å². The first-order valence-corrected chi connectivity index (χ1v) is 4.98. The van der Waals surface area contributed by atoms with Gasteiger partial charge in [0.25, 0.3) is 0 Å². The van der Waals surface area contributed by atoms with E-state index in [1.165, 1.54) is 0 Å². The van der Waals surface area contributed by atoms with E-state index in [0.717, 1.165) is 19.5 Å². The number of likely N-dealkylation sites (tertiary alicyclic amines) is 1. The number of nitrogens with one attached hydrogen (secondary N) is 2. The van der Waals surface area contributed by atoms with Crippen molar-refractivity contribution in [1.82, 2.24) is 15.5 Å². The highest BCUT2D eigenvalue weighted by Gasteiger charge is 2.36. The molecule has 4 heteroatoms. The van der Waals surface area contributed by atoms with Crippen LogP contribution in [0.5, 0.6) is 0 Å². The van der Waals surface area contributed by atoms with Crippen molar-refractivity contribution in [2.45, 2.75) is 38.4 Å². The lowest BCUT2D eigenvalue weighted by atomic mass is 10.0. The summed E-state index contributed by atoms with van der Waals surface area (Å²) in [4.78, 5) is 13.5. The fourth-order valence-electron chi connectivity index (χ4n) is 2.14. The largest absolute Gasteiger partial charge is 0.333 e. The van der Waals surface area contributed by atoms with Gasteiger partial charge in [-0.3, -0.25) is 4.90 Å². The maximum atomic E-state index is 11.0. The van der Waals surface area contributed by atoms with Gasteiger partial charge in [0.05, 0.1) is 12.1 Å². The van der Waals surface area contributed by atoms with Gasteiger partial charge in [-0.2, -0.15) is 0 Å². The molecular weight excluding hydrogens is 166 g/mol. The zero-order valence-electron chi connectivity index (χ0n) is 8.21. The molecule has 2 aliphatic heterocycles. The lowest BCUT2D eigenvalue weighted by Gasteiger charge is -2.36. The number of nitrogens with zero attached hydrogens (tertiary/aromatic N) is 1. The van der Waals surface area contributed by atoms with Crippen molar-refractivity contribution in [2.75, 3.05) is 13.1 Å². The molecule has 2 aliphatic rings. The van der Waals surface area contributed by atoms with Crippen LogP contribution in [0.2, 0.25) is 0 Å². The van der Waals surface area contributed by atoms with Crippen LogP contribution in [-0.4, -0.2) is 42.1 Å². The monoisotopic (exact) mass is 183 g/mol. The Morgan fingerprint density at radius 1 is 1.38 bits per heavy atom. The summed E-state index contributed by atoms with van der Waals surface area (Å²) in [7, 11) is 0. The van der Waals surface area contributed by atoms with E-state index in [-0.39, 0.29) is 6.03 Å². The van der Waals surface area contributed by atoms with E-state index in [1.54, 1.807) is 0 Å². The summed E-state index contributed by atoms with van der Waals surface area (Å²) in [5.74, 6) is 0. The Kier molecular flexibility index (Phi) is 2.15. The zero-order valence-corrected chi connectivity index (χ0v) is 8.21. The van der Waals surface area contributed by atoms with Gasteiger partial charge < -0.3 is 10.6 Å². The highest BCUT2D eigenvalue weighted by atomic mass is 16.2. The van der Waals surface area contributed by atoms with Crippen LogP contribution in [-0.2, 0) is 0 Å². The molecule has 2 amide bonds. The lowest BCUT2D eigenvalue weighted by Crippen LogP contribution is -2.52. The molecule has 0 radical (unpaired) electrons. The molecule has 74 valence electrons. The Hall–Kier alpha value is -0.770. The first-order valence-electron chi connectivity index (χ1n) is 4.98. The third-order valence-corrected chi connectivity index (χ3v) is 3.01. The van der Waals surface area contributed by atoms with Gasteiger partial charge in [0.2, 0.25) is 0 Å². The summed E-state index contributed by atoms with van der Waals surface area (Å²) in [6, 6.07) is 1.27. The number of carbonyl (C=O) groups is 1. The molecule has 2 heterocycles. The fourth-order valence-corrected chi connectivity index (χ4v) is 2.14. The third kappa shape index (κ3) is 1.63. The maximum absolute atomic E-state index is 11.0. The molecule has 2 N–H and O–H groups in total. The molecule has 0 aliphatic carbocycles. The predicted octanol–water partition coefficient (Wildman–Crippen LogP) is 0.150. The van der Waals surface area contributed by atoms with E-state index in [2.05, 4.69) is 29.4 Å². The minimum absolute atomic E-state index is 0.000561. The number of urea groups is 1. The molecule has 2 saturated heterocycles. The Balaban J connectivity index is 1.97. The average molecular weight is 183 g/mol. The van der Waals surface area contributed by atoms with Gasteiger partial charge in [-0.25, -0.2) is 4.79 Å². The average Bonchev–Trinajstić information content (AvgIpc) is 2.42. The summed E-state index contributed by atoms with van der Waals surface area (Å²) in [5.41, 5.74) is 0. The van der Waals surface area contributed by atoms with Crippen LogP contribution in [0.1, 0.15) is 20.3 Å². The molecule has 2 atom stereocenters. The van der Waals surface area contributed by atoms with Crippen LogP contribution in [0.25, 0.3) is 0 Å². The Morgan fingerprint density at radius 2 is 2.08 bits per heavy atom.